The molecule has 0 amide bonds. The lowest BCUT2D eigenvalue weighted by molar-refractivity contribution is 0.158. The SMILES string of the molecule is CCNC(=NCCc1ccco1)NC1CCN(C(C)c2ccccc2)CC1. The topological polar surface area (TPSA) is 52.8 Å². The number of hydrogen-bond donors (Lipinski definition) is 2. The van der Waals surface area contributed by atoms with E-state index in [9.17, 15) is 0 Å². The number of nitrogens with one attached hydrogen (secondary N) is 2. The lowest BCUT2D eigenvalue weighted by atomic mass is 10.0. The van der Waals surface area contributed by atoms with Gasteiger partial charge in [0, 0.05) is 44.7 Å². The van der Waals surface area contributed by atoms with E-state index >= 15 is 0 Å². The number of likely N-dealkylation sites (tertiary alicyclic amines) is 1. The molecule has 2 N–H and O–H groups in total. The van der Waals surface area contributed by atoms with Gasteiger partial charge in [0.15, 0.2) is 5.96 Å². The van der Waals surface area contributed by atoms with Gasteiger partial charge in [-0.2, -0.15) is 0 Å². The molecule has 2 heterocycles. The predicted octanol–water partition coefficient (Wildman–Crippen LogP) is 3.60. The summed E-state index contributed by atoms with van der Waals surface area (Å²) in [6.45, 7) is 8.24. The van der Waals surface area contributed by atoms with Gasteiger partial charge in [-0.1, -0.05) is 30.3 Å². The van der Waals surface area contributed by atoms with Crippen molar-refractivity contribution in [3.05, 3.63) is 60.1 Å². The van der Waals surface area contributed by atoms with E-state index in [1.54, 1.807) is 6.26 Å². The van der Waals surface area contributed by atoms with E-state index in [0.29, 0.717) is 12.1 Å². The molecule has 3 rings (SSSR count). The third-order valence-electron chi connectivity index (χ3n) is 5.25. The first-order valence-corrected chi connectivity index (χ1v) is 10.1. The fraction of sp³-hybridized carbons (Fsp3) is 0.500. The number of furan rings is 1. The van der Waals surface area contributed by atoms with E-state index < -0.39 is 0 Å². The molecule has 0 aliphatic carbocycles. The zero-order valence-corrected chi connectivity index (χ0v) is 16.5. The van der Waals surface area contributed by atoms with Gasteiger partial charge in [-0.15, -0.1) is 0 Å². The highest BCUT2D eigenvalue weighted by Crippen LogP contribution is 2.23. The molecule has 5 heteroatoms. The average molecular weight is 369 g/mol. The fourth-order valence-corrected chi connectivity index (χ4v) is 3.62. The molecule has 5 nitrogen and oxygen atoms in total. The second-order valence-corrected chi connectivity index (χ2v) is 7.13. The summed E-state index contributed by atoms with van der Waals surface area (Å²) >= 11 is 0. The first-order chi connectivity index (χ1) is 13.3. The number of guanidine groups is 1. The predicted molar refractivity (Wildman–Crippen MR) is 111 cm³/mol. The Hall–Kier alpha value is -2.27. The molecule has 0 bridgehead atoms. The van der Waals surface area contributed by atoms with Gasteiger partial charge < -0.3 is 15.1 Å². The standard InChI is InChI=1S/C22H32N4O/c1-3-23-22(24-14-11-21-10-7-17-27-21)25-20-12-15-26(16-13-20)18(2)19-8-5-4-6-9-19/h4-10,17-18,20H,3,11-16H2,1-2H3,(H2,23,24,25). The van der Waals surface area contributed by atoms with Crippen LogP contribution < -0.4 is 10.6 Å². The molecule has 1 aromatic heterocycles. The van der Waals surface area contributed by atoms with E-state index in [1.165, 1.54) is 5.56 Å². The maximum atomic E-state index is 5.38. The summed E-state index contributed by atoms with van der Waals surface area (Å²) in [5.41, 5.74) is 1.40. The molecule has 1 aliphatic heterocycles. The zero-order chi connectivity index (χ0) is 18.9. The molecule has 1 fully saturated rings. The van der Waals surface area contributed by atoms with Crippen molar-refractivity contribution in [3.63, 3.8) is 0 Å². The van der Waals surface area contributed by atoms with Crippen molar-refractivity contribution >= 4 is 5.96 Å². The highest BCUT2D eigenvalue weighted by molar-refractivity contribution is 5.80. The van der Waals surface area contributed by atoms with Crippen LogP contribution in [0.4, 0.5) is 0 Å². The van der Waals surface area contributed by atoms with Crippen molar-refractivity contribution in [2.75, 3.05) is 26.2 Å². The number of nitrogens with zero attached hydrogens (tertiary/aromatic N) is 2. The zero-order valence-electron chi connectivity index (χ0n) is 16.5. The van der Waals surface area contributed by atoms with E-state index in [0.717, 1.165) is 57.2 Å². The van der Waals surface area contributed by atoms with Crippen molar-refractivity contribution < 1.29 is 4.42 Å². The van der Waals surface area contributed by atoms with Crippen LogP contribution in [0.1, 0.15) is 44.1 Å². The van der Waals surface area contributed by atoms with Gasteiger partial charge in [-0.05, 0) is 44.4 Å². The van der Waals surface area contributed by atoms with Crippen LogP contribution in [0.5, 0.6) is 0 Å². The second-order valence-electron chi connectivity index (χ2n) is 7.13. The Bertz CT molecular complexity index is 676. The monoisotopic (exact) mass is 368 g/mol. The largest absolute Gasteiger partial charge is 0.469 e. The van der Waals surface area contributed by atoms with Crippen LogP contribution in [0.2, 0.25) is 0 Å². The van der Waals surface area contributed by atoms with Gasteiger partial charge in [-0.25, -0.2) is 0 Å². The van der Waals surface area contributed by atoms with Gasteiger partial charge in [0.25, 0.3) is 0 Å². The Morgan fingerprint density at radius 1 is 1.19 bits per heavy atom. The van der Waals surface area contributed by atoms with Crippen molar-refractivity contribution in [3.8, 4) is 0 Å². The third kappa shape index (κ3) is 5.86. The first-order valence-electron chi connectivity index (χ1n) is 10.1. The van der Waals surface area contributed by atoms with Crippen LogP contribution >= 0.6 is 0 Å². The summed E-state index contributed by atoms with van der Waals surface area (Å²) in [7, 11) is 0. The molecular weight excluding hydrogens is 336 g/mol. The molecule has 1 saturated heterocycles. The summed E-state index contributed by atoms with van der Waals surface area (Å²) in [4.78, 5) is 7.28. The summed E-state index contributed by atoms with van der Waals surface area (Å²) in [5.74, 6) is 1.90. The molecule has 146 valence electrons. The summed E-state index contributed by atoms with van der Waals surface area (Å²) in [5, 5.41) is 6.98. The van der Waals surface area contributed by atoms with E-state index in [2.05, 4.69) is 59.7 Å². The Morgan fingerprint density at radius 2 is 1.96 bits per heavy atom. The Balaban J connectivity index is 1.47. The normalized spacial score (nSPS) is 17.6. The lowest BCUT2D eigenvalue weighted by Gasteiger charge is -2.37. The minimum absolute atomic E-state index is 0.474. The quantitative estimate of drug-likeness (QED) is 0.579. The highest BCUT2D eigenvalue weighted by atomic mass is 16.3. The Morgan fingerprint density at radius 3 is 2.63 bits per heavy atom. The average Bonchev–Trinajstić information content (AvgIpc) is 3.22. The van der Waals surface area contributed by atoms with Crippen LogP contribution in [-0.4, -0.2) is 43.1 Å². The molecule has 1 unspecified atom stereocenters. The summed E-state index contributed by atoms with van der Waals surface area (Å²) < 4.78 is 5.38. The van der Waals surface area contributed by atoms with E-state index in [-0.39, 0.29) is 0 Å². The van der Waals surface area contributed by atoms with Crippen molar-refractivity contribution in [1.82, 2.24) is 15.5 Å². The van der Waals surface area contributed by atoms with Gasteiger partial charge in [0.1, 0.15) is 5.76 Å². The molecule has 2 aromatic rings. The maximum absolute atomic E-state index is 5.38. The maximum Gasteiger partial charge on any atom is 0.191 e. The minimum atomic E-state index is 0.474. The number of hydrogen-bond acceptors (Lipinski definition) is 3. The van der Waals surface area contributed by atoms with Crippen LogP contribution in [0, 0.1) is 0 Å². The van der Waals surface area contributed by atoms with Crippen molar-refractivity contribution in [2.24, 2.45) is 4.99 Å². The van der Waals surface area contributed by atoms with Gasteiger partial charge >= 0.3 is 0 Å². The summed E-state index contributed by atoms with van der Waals surface area (Å²) in [6, 6.07) is 15.7. The number of benzene rings is 1. The fourth-order valence-electron chi connectivity index (χ4n) is 3.62. The Kier molecular flexibility index (Phi) is 7.34. The van der Waals surface area contributed by atoms with Crippen LogP contribution in [0.15, 0.2) is 58.1 Å². The smallest absolute Gasteiger partial charge is 0.191 e. The highest BCUT2D eigenvalue weighted by Gasteiger charge is 2.23. The number of rotatable bonds is 7. The van der Waals surface area contributed by atoms with Crippen molar-refractivity contribution in [2.45, 2.75) is 45.2 Å². The number of aliphatic imine (C=N–C) groups is 1. The summed E-state index contributed by atoms with van der Waals surface area (Å²) in [6.07, 6.45) is 4.82. The van der Waals surface area contributed by atoms with Gasteiger partial charge in [0.2, 0.25) is 0 Å². The molecule has 0 radical (unpaired) electrons. The molecule has 0 saturated carbocycles. The van der Waals surface area contributed by atoms with E-state index in [1.807, 2.05) is 12.1 Å². The molecule has 1 aliphatic rings. The second kappa shape index (κ2) is 10.2. The van der Waals surface area contributed by atoms with Crippen LogP contribution in [0.3, 0.4) is 0 Å². The van der Waals surface area contributed by atoms with Gasteiger partial charge in [0.05, 0.1) is 6.26 Å². The third-order valence-corrected chi connectivity index (χ3v) is 5.25. The molecular formula is C22H32N4O. The van der Waals surface area contributed by atoms with Gasteiger partial charge in [-0.3, -0.25) is 9.89 Å². The van der Waals surface area contributed by atoms with E-state index in [4.69, 9.17) is 9.41 Å². The van der Waals surface area contributed by atoms with Crippen LogP contribution in [0.25, 0.3) is 0 Å². The lowest BCUT2D eigenvalue weighted by Crippen LogP contribution is -2.49. The minimum Gasteiger partial charge on any atom is -0.469 e. The molecule has 1 atom stereocenters. The molecule has 27 heavy (non-hydrogen) atoms. The first kappa shape index (κ1) is 19.5. The molecule has 0 spiro atoms. The molecule has 1 aromatic carbocycles. The van der Waals surface area contributed by atoms with Crippen molar-refractivity contribution in [1.29, 1.82) is 0 Å². The Labute approximate surface area is 162 Å². The number of piperidine rings is 1. The van der Waals surface area contributed by atoms with Crippen LogP contribution in [-0.2, 0) is 6.42 Å².